The molecule has 5 rings (SSSR count). The van der Waals surface area contributed by atoms with Crippen molar-refractivity contribution in [2.45, 2.75) is 31.4 Å². The zero-order valence-corrected chi connectivity index (χ0v) is 20.5. The summed E-state index contributed by atoms with van der Waals surface area (Å²) >= 11 is 0. The Morgan fingerprint density at radius 1 is 0.914 bits per heavy atom. The molecule has 3 aromatic rings. The summed E-state index contributed by atoms with van der Waals surface area (Å²) < 4.78 is 22.3. The fourth-order valence-corrected chi connectivity index (χ4v) is 5.33. The minimum absolute atomic E-state index is 0.0860. The van der Waals surface area contributed by atoms with Gasteiger partial charge in [0, 0.05) is 12.1 Å². The minimum atomic E-state index is -0.213. The lowest BCUT2D eigenvalue weighted by molar-refractivity contribution is 0.0355. The van der Waals surface area contributed by atoms with E-state index in [0.29, 0.717) is 5.56 Å². The number of cyclic esters (lactones) is 1. The van der Waals surface area contributed by atoms with Gasteiger partial charge in [-0.3, -0.25) is 4.90 Å². The molecule has 0 N–H and O–H groups in total. The molecule has 0 aliphatic carbocycles. The van der Waals surface area contributed by atoms with Crippen molar-refractivity contribution in [2.24, 2.45) is 0 Å². The van der Waals surface area contributed by atoms with Crippen molar-refractivity contribution >= 4 is 5.97 Å². The molecule has 2 aliphatic rings. The largest absolute Gasteiger partial charge is 0.497 e. The Morgan fingerprint density at radius 2 is 1.66 bits per heavy atom. The summed E-state index contributed by atoms with van der Waals surface area (Å²) in [6.07, 6.45) is 2.48. The van der Waals surface area contributed by atoms with Crippen LogP contribution in [0.15, 0.2) is 60.7 Å². The van der Waals surface area contributed by atoms with Gasteiger partial charge in [-0.05, 0) is 72.8 Å². The molecule has 3 aromatic carbocycles. The fourth-order valence-electron chi connectivity index (χ4n) is 5.33. The molecule has 0 saturated carbocycles. The Kier molecular flexibility index (Phi) is 6.64. The maximum absolute atomic E-state index is 12.2. The number of esters is 1. The smallest absolute Gasteiger partial charge is 0.339 e. The zero-order chi connectivity index (χ0) is 24.4. The van der Waals surface area contributed by atoms with Gasteiger partial charge in [0.05, 0.1) is 32.9 Å². The monoisotopic (exact) mass is 473 g/mol. The summed E-state index contributed by atoms with van der Waals surface area (Å²) in [4.78, 5) is 14.7. The molecule has 0 saturated heterocycles. The second kappa shape index (κ2) is 10.0. The Labute approximate surface area is 206 Å². The van der Waals surface area contributed by atoms with Gasteiger partial charge in [0.2, 0.25) is 0 Å². The molecule has 35 heavy (non-hydrogen) atoms. The van der Waals surface area contributed by atoms with Crippen molar-refractivity contribution in [1.82, 2.24) is 4.90 Å². The second-order valence-corrected chi connectivity index (χ2v) is 8.99. The standard InChI is InChI=1S/C29H31NO5/c1-32-21-12-10-19(11-13-21)28-24-18-27(34-3)26(33-2)17-20(24)14-16-30(28)15-6-9-25-22-7-4-5-8-23(22)29(31)35-25/h4-5,7-8,10-13,17-18,25,28H,6,9,14-16H2,1-3H3. The number of fused-ring (bicyclic) bond motifs is 2. The number of hydrogen-bond donors (Lipinski definition) is 0. The first kappa shape index (κ1) is 23.2. The van der Waals surface area contributed by atoms with Crippen LogP contribution in [0, 0.1) is 0 Å². The molecule has 6 nitrogen and oxygen atoms in total. The number of ether oxygens (including phenoxy) is 4. The molecule has 182 valence electrons. The van der Waals surface area contributed by atoms with Gasteiger partial charge < -0.3 is 18.9 Å². The molecule has 0 bridgehead atoms. The lowest BCUT2D eigenvalue weighted by atomic mass is 9.87. The van der Waals surface area contributed by atoms with Crippen molar-refractivity contribution in [3.05, 3.63) is 88.5 Å². The molecular formula is C29H31NO5. The first-order valence-electron chi connectivity index (χ1n) is 12.1. The fraction of sp³-hybridized carbons (Fsp3) is 0.345. The Morgan fingerprint density at radius 3 is 2.40 bits per heavy atom. The normalized spacial score (nSPS) is 19.0. The SMILES string of the molecule is COc1ccc(C2c3cc(OC)c(OC)cc3CCN2CCCC2OC(=O)c3ccccc32)cc1. The molecule has 2 atom stereocenters. The third-order valence-corrected chi connectivity index (χ3v) is 7.09. The summed E-state index contributed by atoms with van der Waals surface area (Å²) in [5.74, 6) is 2.12. The molecule has 6 heteroatoms. The predicted octanol–water partition coefficient (Wildman–Crippen LogP) is 5.35. The van der Waals surface area contributed by atoms with E-state index in [2.05, 4.69) is 29.2 Å². The van der Waals surface area contributed by atoms with E-state index < -0.39 is 0 Å². The number of rotatable bonds is 8. The van der Waals surface area contributed by atoms with Gasteiger partial charge in [-0.1, -0.05) is 30.3 Å². The quantitative estimate of drug-likeness (QED) is 0.411. The number of carbonyl (C=O) groups excluding carboxylic acids is 1. The highest BCUT2D eigenvalue weighted by Gasteiger charge is 2.32. The van der Waals surface area contributed by atoms with E-state index in [4.69, 9.17) is 18.9 Å². The summed E-state index contributed by atoms with van der Waals surface area (Å²) in [6.45, 7) is 1.82. The molecule has 0 fully saturated rings. The van der Waals surface area contributed by atoms with Crippen molar-refractivity contribution in [1.29, 1.82) is 0 Å². The van der Waals surface area contributed by atoms with Gasteiger partial charge in [-0.15, -0.1) is 0 Å². The van der Waals surface area contributed by atoms with Gasteiger partial charge in [0.15, 0.2) is 11.5 Å². The van der Waals surface area contributed by atoms with E-state index >= 15 is 0 Å². The molecule has 2 aliphatic heterocycles. The molecule has 0 aromatic heterocycles. The van der Waals surface area contributed by atoms with Crippen LogP contribution < -0.4 is 14.2 Å². The van der Waals surface area contributed by atoms with E-state index in [-0.39, 0.29) is 18.1 Å². The van der Waals surface area contributed by atoms with Crippen LogP contribution in [-0.2, 0) is 11.2 Å². The van der Waals surface area contributed by atoms with Crippen LogP contribution in [0.25, 0.3) is 0 Å². The van der Waals surface area contributed by atoms with Gasteiger partial charge in [-0.25, -0.2) is 4.79 Å². The van der Waals surface area contributed by atoms with E-state index in [1.807, 2.05) is 36.4 Å². The van der Waals surface area contributed by atoms with Crippen LogP contribution >= 0.6 is 0 Å². The van der Waals surface area contributed by atoms with E-state index in [0.717, 1.165) is 55.2 Å². The van der Waals surface area contributed by atoms with E-state index in [9.17, 15) is 4.79 Å². The first-order valence-corrected chi connectivity index (χ1v) is 12.1. The predicted molar refractivity (Wildman–Crippen MR) is 133 cm³/mol. The van der Waals surface area contributed by atoms with E-state index in [1.165, 1.54) is 16.7 Å². The highest BCUT2D eigenvalue weighted by molar-refractivity contribution is 5.93. The number of methoxy groups -OCH3 is 3. The highest BCUT2D eigenvalue weighted by atomic mass is 16.5. The molecule has 2 heterocycles. The first-order chi connectivity index (χ1) is 17.1. The number of carbonyl (C=O) groups is 1. The highest BCUT2D eigenvalue weighted by Crippen LogP contribution is 2.42. The van der Waals surface area contributed by atoms with Crippen LogP contribution in [0.2, 0.25) is 0 Å². The molecule has 2 unspecified atom stereocenters. The van der Waals surface area contributed by atoms with Crippen molar-refractivity contribution in [3.63, 3.8) is 0 Å². The van der Waals surface area contributed by atoms with Crippen molar-refractivity contribution in [3.8, 4) is 17.2 Å². The molecule has 0 radical (unpaired) electrons. The summed E-state index contributed by atoms with van der Waals surface area (Å²) in [5, 5.41) is 0. The van der Waals surface area contributed by atoms with Gasteiger partial charge in [0.1, 0.15) is 11.9 Å². The number of benzene rings is 3. The third-order valence-electron chi connectivity index (χ3n) is 7.09. The average Bonchev–Trinajstić information content (AvgIpc) is 3.23. The average molecular weight is 474 g/mol. The Hall–Kier alpha value is -3.51. The Balaban J connectivity index is 1.40. The molecule has 0 spiro atoms. The lowest BCUT2D eigenvalue weighted by Gasteiger charge is -2.38. The van der Waals surface area contributed by atoms with Crippen molar-refractivity contribution in [2.75, 3.05) is 34.4 Å². The summed E-state index contributed by atoms with van der Waals surface area (Å²) in [6, 6.07) is 20.3. The van der Waals surface area contributed by atoms with Gasteiger partial charge >= 0.3 is 5.97 Å². The molecular weight excluding hydrogens is 442 g/mol. The van der Waals surface area contributed by atoms with Crippen LogP contribution in [0.4, 0.5) is 0 Å². The number of nitrogens with zero attached hydrogens (tertiary/aromatic N) is 1. The van der Waals surface area contributed by atoms with Crippen molar-refractivity contribution < 1.29 is 23.7 Å². The van der Waals surface area contributed by atoms with E-state index in [1.54, 1.807) is 21.3 Å². The minimum Gasteiger partial charge on any atom is -0.497 e. The zero-order valence-electron chi connectivity index (χ0n) is 20.5. The summed E-state index contributed by atoms with van der Waals surface area (Å²) in [5.41, 5.74) is 5.42. The van der Waals surface area contributed by atoms with Crippen LogP contribution in [0.3, 0.4) is 0 Å². The van der Waals surface area contributed by atoms with Gasteiger partial charge in [-0.2, -0.15) is 0 Å². The lowest BCUT2D eigenvalue weighted by Crippen LogP contribution is -2.37. The maximum Gasteiger partial charge on any atom is 0.339 e. The summed E-state index contributed by atoms with van der Waals surface area (Å²) in [7, 11) is 5.03. The van der Waals surface area contributed by atoms with Gasteiger partial charge in [0.25, 0.3) is 0 Å². The maximum atomic E-state index is 12.2. The topological polar surface area (TPSA) is 57.2 Å². The van der Waals surface area contributed by atoms with Crippen LogP contribution in [0.5, 0.6) is 17.2 Å². The second-order valence-electron chi connectivity index (χ2n) is 8.99. The molecule has 0 amide bonds. The van der Waals surface area contributed by atoms with Crippen LogP contribution in [-0.4, -0.2) is 45.3 Å². The Bertz CT molecular complexity index is 1210. The number of hydrogen-bond acceptors (Lipinski definition) is 6. The van der Waals surface area contributed by atoms with Crippen LogP contribution in [0.1, 0.15) is 57.6 Å². The third kappa shape index (κ3) is 4.46.